The molecule has 0 radical (unpaired) electrons. The molecule has 13 heteroatoms. The quantitative estimate of drug-likeness (QED) is 0.157. The number of anilines is 1. The third-order valence-corrected chi connectivity index (χ3v) is 5.75. The van der Waals surface area contributed by atoms with E-state index in [1.165, 1.54) is 0 Å². The van der Waals surface area contributed by atoms with Crippen molar-refractivity contribution in [2.45, 2.75) is 18.4 Å². The number of carbonyl (C=O) groups excluding carboxylic acids is 1. The van der Waals surface area contributed by atoms with Crippen molar-refractivity contribution < 1.29 is 19.4 Å². The highest BCUT2D eigenvalue weighted by Gasteiger charge is 2.22. The highest BCUT2D eigenvalue weighted by molar-refractivity contribution is 7.89. The van der Waals surface area contributed by atoms with Crippen molar-refractivity contribution in [3.63, 3.8) is 0 Å². The fraction of sp³-hybridized carbons (Fsp3) is 0.100. The van der Waals surface area contributed by atoms with E-state index in [4.69, 9.17) is 10.9 Å². The van der Waals surface area contributed by atoms with E-state index >= 15 is 0 Å². The van der Waals surface area contributed by atoms with Crippen LogP contribution < -0.4 is 21.7 Å². The van der Waals surface area contributed by atoms with Crippen LogP contribution in [0, 0.1) is 6.92 Å². The van der Waals surface area contributed by atoms with Gasteiger partial charge in [0.2, 0.25) is 11.8 Å². The summed E-state index contributed by atoms with van der Waals surface area (Å²) in [6, 6.07) is 11.9. The van der Waals surface area contributed by atoms with Gasteiger partial charge in [0.1, 0.15) is 5.52 Å². The van der Waals surface area contributed by atoms with Crippen LogP contribution in [0.25, 0.3) is 22.3 Å². The number of hydrogen-bond acceptors (Lipinski definition) is 9. The summed E-state index contributed by atoms with van der Waals surface area (Å²) in [4.78, 5) is 28.2. The van der Waals surface area contributed by atoms with E-state index in [2.05, 4.69) is 25.3 Å². The fourth-order valence-corrected chi connectivity index (χ4v) is 4.07. The molecule has 2 aromatic carbocycles. The van der Waals surface area contributed by atoms with Gasteiger partial charge in [-0.1, -0.05) is 36.4 Å². The first-order valence-corrected chi connectivity index (χ1v) is 11.0. The van der Waals surface area contributed by atoms with Crippen molar-refractivity contribution in [2.24, 2.45) is 10.9 Å². The van der Waals surface area contributed by atoms with E-state index in [9.17, 15) is 19.4 Å². The Bertz CT molecular complexity index is 1350. The van der Waals surface area contributed by atoms with Gasteiger partial charge in [0, 0.05) is 23.2 Å². The number of hydrogen-bond donors (Lipinski definition) is 6. The number of nitrogens with one attached hydrogen (secondary N) is 2. The van der Waals surface area contributed by atoms with Gasteiger partial charge >= 0.3 is 7.12 Å². The van der Waals surface area contributed by atoms with Crippen LogP contribution in [0.5, 0.6) is 0 Å². The number of aryl methyl sites for hydroxylation is 1. The lowest BCUT2D eigenvalue weighted by molar-refractivity contribution is 0.0990. The predicted octanol–water partition coefficient (Wildman–Crippen LogP) is -0.300. The number of aromatic nitrogens is 4. The molecule has 4 rings (SSSR count). The average Bonchev–Trinajstić information content (AvgIpc) is 3.13. The molecule has 2 aromatic heterocycles. The Morgan fingerprint density at radius 1 is 1.21 bits per heavy atom. The molecule has 11 nitrogen and oxygen atoms in total. The molecule has 1 unspecified atom stereocenters. The zero-order valence-corrected chi connectivity index (χ0v) is 18.3. The Morgan fingerprint density at radius 3 is 2.67 bits per heavy atom. The first-order chi connectivity index (χ1) is 15.7. The standard InChI is InChI=1S/C20H20BN7O4S/c1-10-15(13-6-3-7-14(33(23)32)16(13)25-10)18-26-19(17(22)29)28-20(27-18)24-9-11-4-2-5-12(8-11)21(30)31/h2-8,25,30-31H,9,23H2,1H3,(H2,22,29)(H,24,26,27,28). The van der Waals surface area contributed by atoms with Crippen LogP contribution in [-0.4, -0.2) is 47.6 Å². The Hall–Kier alpha value is -3.49. The number of nitrogens with zero attached hydrogens (tertiary/aromatic N) is 3. The maximum atomic E-state index is 11.9. The van der Waals surface area contributed by atoms with Crippen LogP contribution >= 0.6 is 0 Å². The molecule has 0 aliphatic rings. The fourth-order valence-electron chi connectivity index (χ4n) is 3.50. The van der Waals surface area contributed by atoms with Crippen molar-refractivity contribution >= 4 is 46.7 Å². The van der Waals surface area contributed by atoms with Crippen LogP contribution in [0.3, 0.4) is 0 Å². The molecule has 168 valence electrons. The molecule has 1 amide bonds. The average molecular weight is 465 g/mol. The monoisotopic (exact) mass is 465 g/mol. The van der Waals surface area contributed by atoms with E-state index in [0.29, 0.717) is 32.5 Å². The number of nitrogens with two attached hydrogens (primary N) is 2. The van der Waals surface area contributed by atoms with E-state index in [-0.39, 0.29) is 24.1 Å². The summed E-state index contributed by atoms with van der Waals surface area (Å²) in [5, 5.41) is 28.0. The summed E-state index contributed by atoms with van der Waals surface area (Å²) in [7, 11) is -1.59. The molecule has 0 saturated carbocycles. The SMILES string of the molecule is Cc1[nH]c2c([S+](N)[O-])cccc2c1-c1nc(NCc2cccc(B(O)O)c2)nc(C(N)=O)n1. The first kappa shape index (κ1) is 22.7. The van der Waals surface area contributed by atoms with E-state index in [1.807, 2.05) is 0 Å². The number of para-hydroxylation sites is 1. The summed E-state index contributed by atoms with van der Waals surface area (Å²) in [6.07, 6.45) is 0. The van der Waals surface area contributed by atoms with Crippen molar-refractivity contribution in [1.29, 1.82) is 0 Å². The molecule has 0 aliphatic carbocycles. The highest BCUT2D eigenvalue weighted by Crippen LogP contribution is 2.33. The molecule has 8 N–H and O–H groups in total. The number of amides is 1. The second-order valence-electron chi connectivity index (χ2n) is 7.24. The van der Waals surface area contributed by atoms with Gasteiger partial charge in [-0.25, -0.2) is 4.98 Å². The smallest absolute Gasteiger partial charge is 0.488 e. The Balaban J connectivity index is 1.75. The van der Waals surface area contributed by atoms with Gasteiger partial charge in [-0.05, 0) is 24.0 Å². The van der Waals surface area contributed by atoms with Crippen molar-refractivity contribution in [3.05, 3.63) is 59.5 Å². The topological polar surface area (TPSA) is 199 Å². The molecule has 1 atom stereocenters. The number of rotatable bonds is 7. The van der Waals surface area contributed by atoms with Gasteiger partial charge in [0.25, 0.3) is 5.91 Å². The molecule has 33 heavy (non-hydrogen) atoms. The summed E-state index contributed by atoms with van der Waals surface area (Å²) in [6.45, 7) is 2.04. The van der Waals surface area contributed by atoms with Crippen molar-refractivity contribution in [3.8, 4) is 11.4 Å². The number of benzene rings is 2. The normalized spacial score (nSPS) is 12.0. The lowest BCUT2D eigenvalue weighted by atomic mass is 9.80. The molecular formula is C20H20BN7O4S. The second kappa shape index (κ2) is 9.17. The van der Waals surface area contributed by atoms with E-state index in [1.54, 1.807) is 49.4 Å². The largest absolute Gasteiger partial charge is 0.593 e. The molecular weight excluding hydrogens is 445 g/mol. The van der Waals surface area contributed by atoms with Gasteiger partial charge in [-0.15, -0.1) is 5.14 Å². The zero-order chi connectivity index (χ0) is 23.7. The first-order valence-electron chi connectivity index (χ1n) is 9.77. The number of carbonyl (C=O) groups is 1. The molecule has 0 saturated heterocycles. The van der Waals surface area contributed by atoms with Crippen LogP contribution in [0.15, 0.2) is 47.4 Å². The molecule has 0 spiro atoms. The summed E-state index contributed by atoms with van der Waals surface area (Å²) in [5.41, 5.74) is 8.37. The molecule has 4 aromatic rings. The third-order valence-electron chi connectivity index (χ3n) is 4.98. The summed E-state index contributed by atoms with van der Waals surface area (Å²) < 4.78 is 11.9. The second-order valence-corrected chi connectivity index (χ2v) is 8.28. The van der Waals surface area contributed by atoms with Crippen LogP contribution in [-0.2, 0) is 17.9 Å². The van der Waals surface area contributed by atoms with Gasteiger partial charge in [0.15, 0.2) is 10.7 Å². The van der Waals surface area contributed by atoms with Crippen LogP contribution in [0.4, 0.5) is 5.95 Å². The minimum Gasteiger partial charge on any atom is -0.593 e. The lowest BCUT2D eigenvalue weighted by Crippen LogP contribution is -2.30. The Kier molecular flexibility index (Phi) is 6.31. The van der Waals surface area contributed by atoms with Gasteiger partial charge < -0.3 is 30.6 Å². The summed E-state index contributed by atoms with van der Waals surface area (Å²) >= 11 is -1.71. The van der Waals surface area contributed by atoms with Crippen LogP contribution in [0.1, 0.15) is 21.9 Å². The number of primary amides is 1. The minimum absolute atomic E-state index is 0.107. The van der Waals surface area contributed by atoms with E-state index < -0.39 is 24.4 Å². The third kappa shape index (κ3) is 4.67. The maximum absolute atomic E-state index is 11.9. The molecule has 0 aliphatic heterocycles. The summed E-state index contributed by atoms with van der Waals surface area (Å²) in [5.74, 6) is -0.747. The zero-order valence-electron chi connectivity index (χ0n) is 17.4. The van der Waals surface area contributed by atoms with Crippen LogP contribution in [0.2, 0.25) is 0 Å². The predicted molar refractivity (Wildman–Crippen MR) is 125 cm³/mol. The van der Waals surface area contributed by atoms with E-state index in [0.717, 1.165) is 5.56 Å². The number of aromatic amines is 1. The lowest BCUT2D eigenvalue weighted by Gasteiger charge is -2.09. The Labute approximate surface area is 191 Å². The van der Waals surface area contributed by atoms with Gasteiger partial charge in [-0.2, -0.15) is 9.97 Å². The number of fused-ring (bicyclic) bond motifs is 1. The van der Waals surface area contributed by atoms with Crippen molar-refractivity contribution in [1.82, 2.24) is 19.9 Å². The Morgan fingerprint density at radius 2 is 1.97 bits per heavy atom. The molecule has 0 bridgehead atoms. The highest BCUT2D eigenvalue weighted by atomic mass is 32.2. The maximum Gasteiger partial charge on any atom is 0.488 e. The van der Waals surface area contributed by atoms with Gasteiger partial charge in [-0.3, -0.25) is 4.79 Å². The van der Waals surface area contributed by atoms with Crippen molar-refractivity contribution in [2.75, 3.05) is 5.32 Å². The number of H-pyrrole nitrogens is 1. The van der Waals surface area contributed by atoms with Gasteiger partial charge in [0.05, 0.1) is 11.4 Å². The molecule has 2 heterocycles. The minimum atomic E-state index is -1.71. The molecule has 0 fully saturated rings.